The van der Waals surface area contributed by atoms with Crippen LogP contribution in [0, 0.1) is 0 Å². The Balaban J connectivity index is 1.68. The summed E-state index contributed by atoms with van der Waals surface area (Å²) in [6.07, 6.45) is 5.48. The number of halogens is 1. The topological polar surface area (TPSA) is 29.5 Å². The fourth-order valence-corrected chi connectivity index (χ4v) is 3.84. The number of amides is 1. The van der Waals surface area contributed by atoms with E-state index >= 15 is 0 Å². The highest BCUT2D eigenvalue weighted by Crippen LogP contribution is 2.26. The van der Waals surface area contributed by atoms with Crippen LogP contribution in [-0.2, 0) is 4.79 Å². The van der Waals surface area contributed by atoms with Gasteiger partial charge in [0, 0.05) is 17.6 Å². The summed E-state index contributed by atoms with van der Waals surface area (Å²) in [5, 5.41) is 2.26. The van der Waals surface area contributed by atoms with Crippen LogP contribution in [-0.4, -0.2) is 30.0 Å². The van der Waals surface area contributed by atoms with E-state index in [4.69, 9.17) is 4.74 Å². The fourth-order valence-electron chi connectivity index (χ4n) is 3.46. The number of carbonyl (C=O) groups is 1. The third-order valence-electron chi connectivity index (χ3n) is 4.90. The van der Waals surface area contributed by atoms with Crippen LogP contribution >= 0.6 is 15.9 Å². The van der Waals surface area contributed by atoms with Crippen molar-refractivity contribution in [2.24, 2.45) is 0 Å². The van der Waals surface area contributed by atoms with Gasteiger partial charge in [-0.25, -0.2) is 0 Å². The predicted molar refractivity (Wildman–Crippen MR) is 101 cm³/mol. The molecule has 0 aromatic heterocycles. The molecule has 2 aromatic carbocycles. The van der Waals surface area contributed by atoms with Crippen LogP contribution in [0.15, 0.2) is 40.9 Å². The van der Waals surface area contributed by atoms with Crippen LogP contribution in [0.5, 0.6) is 5.75 Å². The average Bonchev–Trinajstić information content (AvgIpc) is 2.61. The molecule has 0 heterocycles. The standard InChI is InChI=1S/C20H24BrNO2/c1-14(20(23)22(2)18-6-4-3-5-7-18)24-19-11-9-15-12-17(21)10-8-16(15)13-19/h8-14,18H,3-7H2,1-2H3/t14-/m0/s1. The SMILES string of the molecule is C[C@H](Oc1ccc2cc(Br)ccc2c1)C(=O)N(C)C1CCCCC1. The second-order valence-corrected chi connectivity index (χ2v) is 7.57. The molecule has 3 nitrogen and oxygen atoms in total. The minimum Gasteiger partial charge on any atom is -0.481 e. The largest absolute Gasteiger partial charge is 0.481 e. The molecule has 24 heavy (non-hydrogen) atoms. The zero-order chi connectivity index (χ0) is 17.1. The summed E-state index contributed by atoms with van der Waals surface area (Å²) in [4.78, 5) is 14.5. The van der Waals surface area contributed by atoms with Gasteiger partial charge < -0.3 is 9.64 Å². The minimum atomic E-state index is -0.468. The lowest BCUT2D eigenvalue weighted by Crippen LogP contribution is -2.44. The Bertz CT molecular complexity index is 725. The van der Waals surface area contributed by atoms with E-state index in [1.165, 1.54) is 19.3 Å². The molecule has 1 amide bonds. The monoisotopic (exact) mass is 389 g/mol. The van der Waals surface area contributed by atoms with Gasteiger partial charge in [0.25, 0.3) is 5.91 Å². The molecule has 0 unspecified atom stereocenters. The fraction of sp³-hybridized carbons (Fsp3) is 0.450. The molecule has 1 aliphatic rings. The molecule has 3 rings (SSSR count). The molecule has 0 saturated heterocycles. The Morgan fingerprint density at radius 3 is 2.54 bits per heavy atom. The normalized spacial score (nSPS) is 16.8. The van der Waals surface area contributed by atoms with E-state index in [1.54, 1.807) is 0 Å². The van der Waals surface area contributed by atoms with E-state index in [0.717, 1.165) is 33.8 Å². The van der Waals surface area contributed by atoms with E-state index in [9.17, 15) is 4.79 Å². The summed E-state index contributed by atoms with van der Waals surface area (Å²) in [6.45, 7) is 1.84. The van der Waals surface area contributed by atoms with Gasteiger partial charge in [-0.1, -0.05) is 47.3 Å². The Morgan fingerprint density at radius 1 is 1.12 bits per heavy atom. The highest BCUT2D eigenvalue weighted by atomic mass is 79.9. The Morgan fingerprint density at radius 2 is 1.79 bits per heavy atom. The second-order valence-electron chi connectivity index (χ2n) is 6.65. The zero-order valence-electron chi connectivity index (χ0n) is 14.3. The molecule has 0 bridgehead atoms. The molecule has 128 valence electrons. The number of hydrogen-bond acceptors (Lipinski definition) is 2. The van der Waals surface area contributed by atoms with Crippen LogP contribution in [0.4, 0.5) is 0 Å². The number of ether oxygens (including phenoxy) is 1. The van der Waals surface area contributed by atoms with Gasteiger partial charge in [0.1, 0.15) is 5.75 Å². The van der Waals surface area contributed by atoms with Crippen molar-refractivity contribution in [1.29, 1.82) is 0 Å². The van der Waals surface area contributed by atoms with Crippen molar-refractivity contribution < 1.29 is 9.53 Å². The van der Waals surface area contributed by atoms with E-state index < -0.39 is 6.10 Å². The summed E-state index contributed by atoms with van der Waals surface area (Å²) < 4.78 is 6.98. The molecule has 2 aromatic rings. The van der Waals surface area contributed by atoms with Crippen molar-refractivity contribution in [1.82, 2.24) is 4.90 Å². The zero-order valence-corrected chi connectivity index (χ0v) is 15.9. The maximum Gasteiger partial charge on any atom is 0.263 e. The van der Waals surface area contributed by atoms with E-state index in [-0.39, 0.29) is 5.91 Å². The molecule has 1 saturated carbocycles. The number of nitrogens with zero attached hydrogens (tertiary/aromatic N) is 1. The van der Waals surface area contributed by atoms with Crippen molar-refractivity contribution in [2.45, 2.75) is 51.2 Å². The van der Waals surface area contributed by atoms with Crippen molar-refractivity contribution in [3.05, 3.63) is 40.9 Å². The highest BCUT2D eigenvalue weighted by molar-refractivity contribution is 9.10. The van der Waals surface area contributed by atoms with Crippen LogP contribution < -0.4 is 4.74 Å². The van der Waals surface area contributed by atoms with Crippen LogP contribution in [0.25, 0.3) is 10.8 Å². The van der Waals surface area contributed by atoms with Crippen LogP contribution in [0.2, 0.25) is 0 Å². The third kappa shape index (κ3) is 3.92. The van der Waals surface area contributed by atoms with Crippen molar-refractivity contribution in [3.8, 4) is 5.75 Å². The van der Waals surface area contributed by atoms with Gasteiger partial charge in [-0.2, -0.15) is 0 Å². The molecule has 0 spiro atoms. The minimum absolute atomic E-state index is 0.0674. The molecule has 4 heteroatoms. The molecular formula is C20H24BrNO2. The van der Waals surface area contributed by atoms with E-state index in [2.05, 4.69) is 22.0 Å². The highest BCUT2D eigenvalue weighted by Gasteiger charge is 2.26. The molecule has 0 aliphatic heterocycles. The number of likely N-dealkylation sites (N-methyl/N-ethyl adjacent to an activating group) is 1. The number of carbonyl (C=O) groups excluding carboxylic acids is 1. The molecule has 1 aliphatic carbocycles. The lowest BCUT2D eigenvalue weighted by Gasteiger charge is -2.32. The maximum atomic E-state index is 12.6. The first-order chi connectivity index (χ1) is 11.5. The smallest absolute Gasteiger partial charge is 0.263 e. The molecule has 0 radical (unpaired) electrons. The molecule has 0 N–H and O–H groups in total. The summed E-state index contributed by atoms with van der Waals surface area (Å²) >= 11 is 3.48. The average molecular weight is 390 g/mol. The van der Waals surface area contributed by atoms with Crippen molar-refractivity contribution in [2.75, 3.05) is 7.05 Å². The molecule has 1 atom stereocenters. The third-order valence-corrected chi connectivity index (χ3v) is 5.40. The first kappa shape index (κ1) is 17.3. The van der Waals surface area contributed by atoms with Gasteiger partial charge in [0.05, 0.1) is 0 Å². The first-order valence-corrected chi connectivity index (χ1v) is 9.46. The van der Waals surface area contributed by atoms with Gasteiger partial charge >= 0.3 is 0 Å². The van der Waals surface area contributed by atoms with Gasteiger partial charge in [-0.3, -0.25) is 4.79 Å². The summed E-state index contributed by atoms with van der Waals surface area (Å²) in [6, 6.07) is 12.4. The van der Waals surface area contributed by atoms with E-state index in [1.807, 2.05) is 49.2 Å². The van der Waals surface area contributed by atoms with Crippen molar-refractivity contribution in [3.63, 3.8) is 0 Å². The Hall–Kier alpha value is -1.55. The summed E-state index contributed by atoms with van der Waals surface area (Å²) in [7, 11) is 1.91. The molecule has 1 fully saturated rings. The first-order valence-electron chi connectivity index (χ1n) is 8.67. The Kier molecular flexibility index (Phi) is 5.44. The summed E-state index contributed by atoms with van der Waals surface area (Å²) in [5.41, 5.74) is 0. The maximum absolute atomic E-state index is 12.6. The Labute approximate surface area is 152 Å². The quantitative estimate of drug-likeness (QED) is 0.722. The second kappa shape index (κ2) is 7.56. The van der Waals surface area contributed by atoms with Crippen LogP contribution in [0.1, 0.15) is 39.0 Å². The van der Waals surface area contributed by atoms with E-state index in [0.29, 0.717) is 6.04 Å². The number of benzene rings is 2. The lowest BCUT2D eigenvalue weighted by atomic mass is 9.94. The summed E-state index contributed by atoms with van der Waals surface area (Å²) in [5.74, 6) is 0.806. The van der Waals surface area contributed by atoms with Gasteiger partial charge in [0.2, 0.25) is 0 Å². The van der Waals surface area contributed by atoms with Gasteiger partial charge in [-0.05, 0) is 54.8 Å². The number of hydrogen-bond donors (Lipinski definition) is 0. The van der Waals surface area contributed by atoms with Gasteiger partial charge in [0.15, 0.2) is 6.10 Å². The van der Waals surface area contributed by atoms with Gasteiger partial charge in [-0.15, -0.1) is 0 Å². The number of fused-ring (bicyclic) bond motifs is 1. The lowest BCUT2D eigenvalue weighted by molar-refractivity contribution is -0.139. The predicted octanol–water partition coefficient (Wildman–Crippen LogP) is 5.16. The van der Waals surface area contributed by atoms with Crippen LogP contribution in [0.3, 0.4) is 0 Å². The molecular weight excluding hydrogens is 366 g/mol. The number of rotatable bonds is 4. The van der Waals surface area contributed by atoms with Crippen molar-refractivity contribution >= 4 is 32.6 Å².